The van der Waals surface area contributed by atoms with Gasteiger partial charge in [-0.05, 0) is 0 Å². The maximum absolute atomic E-state index is 9.26. The van der Waals surface area contributed by atoms with Crippen LogP contribution in [0.5, 0.6) is 0 Å². The van der Waals surface area contributed by atoms with Crippen molar-refractivity contribution in [1.29, 1.82) is 0 Å². The summed E-state index contributed by atoms with van der Waals surface area (Å²) >= 11 is 0. The van der Waals surface area contributed by atoms with Crippen molar-refractivity contribution in [3.05, 3.63) is 24.3 Å². The van der Waals surface area contributed by atoms with Crippen molar-refractivity contribution in [3.8, 4) is 0 Å². The third kappa shape index (κ3) is 2.25. The fourth-order valence-corrected chi connectivity index (χ4v) is 0.753. The second kappa shape index (κ2) is 4.00. The summed E-state index contributed by atoms with van der Waals surface area (Å²) in [6, 6.07) is 0. The highest BCUT2D eigenvalue weighted by Crippen LogP contribution is 2.10. The highest BCUT2D eigenvalue weighted by Gasteiger charge is 2.06. The molecule has 0 aliphatic heterocycles. The minimum absolute atomic E-state index is 0.0439. The lowest BCUT2D eigenvalue weighted by molar-refractivity contribution is 0.130. The summed E-state index contributed by atoms with van der Waals surface area (Å²) in [5, 5.41) is 17.7. The minimum Gasteiger partial charge on any atom is -0.396 e. The van der Waals surface area contributed by atoms with Crippen molar-refractivity contribution < 1.29 is 10.2 Å². The van der Waals surface area contributed by atoms with Gasteiger partial charge in [0.15, 0.2) is 0 Å². The van der Waals surface area contributed by atoms with Gasteiger partial charge in [0.25, 0.3) is 0 Å². The molecule has 0 saturated carbocycles. The molecule has 4 nitrogen and oxygen atoms in total. The molecule has 0 aromatic carbocycles. The molecule has 0 saturated heterocycles. The highest BCUT2D eigenvalue weighted by molar-refractivity contribution is 4.98. The van der Waals surface area contributed by atoms with E-state index < -0.39 is 6.10 Å². The molecular formula is C7H10N2O2. The molecule has 1 aromatic heterocycles. The lowest BCUT2D eigenvalue weighted by Crippen LogP contribution is -2.02. The summed E-state index contributed by atoms with van der Waals surface area (Å²) in [6.45, 7) is -0.0439. The Balaban J connectivity index is 2.61. The predicted octanol–water partition coefficient (Wildman–Crippen LogP) is -0.108. The number of rotatable bonds is 3. The molecule has 0 aliphatic carbocycles. The number of aliphatic hydroxyl groups excluding tert-OH is 2. The van der Waals surface area contributed by atoms with Gasteiger partial charge in [-0.1, -0.05) is 0 Å². The van der Waals surface area contributed by atoms with Crippen LogP contribution in [0.2, 0.25) is 0 Å². The van der Waals surface area contributed by atoms with E-state index >= 15 is 0 Å². The third-order valence-corrected chi connectivity index (χ3v) is 1.33. The topological polar surface area (TPSA) is 66.2 Å². The van der Waals surface area contributed by atoms with Crippen molar-refractivity contribution >= 4 is 0 Å². The van der Waals surface area contributed by atoms with Crippen LogP contribution in [-0.4, -0.2) is 26.8 Å². The Kier molecular flexibility index (Phi) is 2.95. The van der Waals surface area contributed by atoms with E-state index in [1.165, 1.54) is 18.6 Å². The van der Waals surface area contributed by atoms with Crippen LogP contribution in [0.25, 0.3) is 0 Å². The molecule has 2 N–H and O–H groups in total. The van der Waals surface area contributed by atoms with Crippen molar-refractivity contribution in [2.75, 3.05) is 6.61 Å². The first kappa shape index (κ1) is 8.10. The summed E-state index contributed by atoms with van der Waals surface area (Å²) in [6.07, 6.45) is 4.14. The lowest BCUT2D eigenvalue weighted by Gasteiger charge is -2.05. The third-order valence-electron chi connectivity index (χ3n) is 1.33. The van der Waals surface area contributed by atoms with E-state index in [0.29, 0.717) is 12.1 Å². The zero-order chi connectivity index (χ0) is 8.10. The van der Waals surface area contributed by atoms with Gasteiger partial charge in [-0.15, -0.1) is 0 Å². The van der Waals surface area contributed by atoms with Crippen LogP contribution < -0.4 is 0 Å². The zero-order valence-corrected chi connectivity index (χ0v) is 6.01. The molecule has 60 valence electrons. The van der Waals surface area contributed by atoms with E-state index in [1.807, 2.05) is 0 Å². The van der Waals surface area contributed by atoms with E-state index in [1.54, 1.807) is 0 Å². The van der Waals surface area contributed by atoms with Crippen LogP contribution in [-0.2, 0) is 0 Å². The number of aliphatic hydroxyl groups is 2. The molecule has 1 heterocycles. The molecule has 0 amide bonds. The van der Waals surface area contributed by atoms with Crippen LogP contribution in [0, 0.1) is 0 Å². The van der Waals surface area contributed by atoms with E-state index in [-0.39, 0.29) is 6.61 Å². The largest absolute Gasteiger partial charge is 0.396 e. The van der Waals surface area contributed by atoms with Crippen LogP contribution in [0.3, 0.4) is 0 Å². The predicted molar refractivity (Wildman–Crippen MR) is 38.7 cm³/mol. The number of hydrogen-bond acceptors (Lipinski definition) is 4. The second-order valence-corrected chi connectivity index (χ2v) is 2.16. The average molecular weight is 154 g/mol. The average Bonchev–Trinajstić information content (AvgIpc) is 2.07. The van der Waals surface area contributed by atoms with E-state index in [0.717, 1.165) is 0 Å². The van der Waals surface area contributed by atoms with Gasteiger partial charge in [-0.25, -0.2) is 0 Å². The molecule has 1 aromatic rings. The fourth-order valence-electron chi connectivity index (χ4n) is 0.753. The molecule has 1 rings (SSSR count). The van der Waals surface area contributed by atoms with Gasteiger partial charge in [0.1, 0.15) is 0 Å². The van der Waals surface area contributed by atoms with Gasteiger partial charge in [0.2, 0.25) is 0 Å². The zero-order valence-electron chi connectivity index (χ0n) is 6.01. The Morgan fingerprint density at radius 2 is 2.27 bits per heavy atom. The molecule has 1 atom stereocenters. The molecular weight excluding hydrogens is 144 g/mol. The van der Waals surface area contributed by atoms with Gasteiger partial charge < -0.3 is 10.2 Å². The Bertz CT molecular complexity index is 203. The van der Waals surface area contributed by atoms with Crippen LogP contribution in [0.1, 0.15) is 18.2 Å². The quantitative estimate of drug-likeness (QED) is 0.637. The smallest absolute Gasteiger partial charge is 0.0997 e. The normalized spacial score (nSPS) is 12.9. The molecule has 0 spiro atoms. The summed E-state index contributed by atoms with van der Waals surface area (Å²) in [5.74, 6) is 0. The van der Waals surface area contributed by atoms with Crippen molar-refractivity contribution in [3.63, 3.8) is 0 Å². The SMILES string of the molecule is OCCC(O)c1cnccn1. The van der Waals surface area contributed by atoms with Crippen LogP contribution >= 0.6 is 0 Å². The van der Waals surface area contributed by atoms with E-state index in [2.05, 4.69) is 9.97 Å². The first-order valence-corrected chi connectivity index (χ1v) is 3.39. The van der Waals surface area contributed by atoms with Gasteiger partial charge in [0.05, 0.1) is 18.0 Å². The molecule has 0 aliphatic rings. The molecule has 4 heteroatoms. The van der Waals surface area contributed by atoms with Crippen LogP contribution in [0.4, 0.5) is 0 Å². The fraction of sp³-hybridized carbons (Fsp3) is 0.429. The first-order valence-electron chi connectivity index (χ1n) is 3.39. The van der Waals surface area contributed by atoms with E-state index in [4.69, 9.17) is 5.11 Å². The Labute approximate surface area is 64.6 Å². The molecule has 11 heavy (non-hydrogen) atoms. The standard InChI is InChI=1S/C7H10N2O2/c10-4-1-7(11)6-5-8-2-3-9-6/h2-3,5,7,10-11H,1,4H2. The van der Waals surface area contributed by atoms with E-state index in [9.17, 15) is 5.11 Å². The Morgan fingerprint density at radius 3 is 2.82 bits per heavy atom. The Hall–Kier alpha value is -1.00. The maximum Gasteiger partial charge on any atom is 0.0997 e. The molecule has 0 bridgehead atoms. The Morgan fingerprint density at radius 1 is 1.45 bits per heavy atom. The first-order chi connectivity index (χ1) is 5.34. The summed E-state index contributed by atoms with van der Waals surface area (Å²) in [5.41, 5.74) is 0.501. The number of hydrogen-bond donors (Lipinski definition) is 2. The van der Waals surface area contributed by atoms with Gasteiger partial charge in [-0.3, -0.25) is 9.97 Å². The molecule has 0 radical (unpaired) electrons. The number of nitrogens with zero attached hydrogens (tertiary/aromatic N) is 2. The minimum atomic E-state index is -0.700. The van der Waals surface area contributed by atoms with Crippen molar-refractivity contribution in [2.45, 2.75) is 12.5 Å². The molecule has 0 fully saturated rings. The monoisotopic (exact) mass is 154 g/mol. The molecule has 1 unspecified atom stereocenters. The number of aromatic nitrogens is 2. The summed E-state index contributed by atoms with van der Waals surface area (Å²) < 4.78 is 0. The van der Waals surface area contributed by atoms with Crippen molar-refractivity contribution in [1.82, 2.24) is 9.97 Å². The second-order valence-electron chi connectivity index (χ2n) is 2.16. The van der Waals surface area contributed by atoms with Gasteiger partial charge in [-0.2, -0.15) is 0 Å². The van der Waals surface area contributed by atoms with Crippen molar-refractivity contribution in [2.24, 2.45) is 0 Å². The lowest BCUT2D eigenvalue weighted by atomic mass is 10.2. The van der Waals surface area contributed by atoms with Gasteiger partial charge >= 0.3 is 0 Å². The summed E-state index contributed by atoms with van der Waals surface area (Å²) in [7, 11) is 0. The highest BCUT2D eigenvalue weighted by atomic mass is 16.3. The van der Waals surface area contributed by atoms with Gasteiger partial charge in [0, 0.05) is 25.4 Å². The van der Waals surface area contributed by atoms with Crippen LogP contribution in [0.15, 0.2) is 18.6 Å². The summed E-state index contributed by atoms with van der Waals surface area (Å²) in [4.78, 5) is 7.66. The maximum atomic E-state index is 9.26.